The molecule has 0 radical (unpaired) electrons. The van der Waals surface area contributed by atoms with E-state index in [9.17, 15) is 9.90 Å². The fourth-order valence-corrected chi connectivity index (χ4v) is 2.92. The van der Waals surface area contributed by atoms with E-state index in [1.54, 1.807) is 0 Å². The largest absolute Gasteiger partial charge is 0.506 e. The van der Waals surface area contributed by atoms with Gasteiger partial charge >= 0.3 is 0 Å². The van der Waals surface area contributed by atoms with E-state index in [1.807, 2.05) is 0 Å². The Labute approximate surface area is 122 Å². The number of nitrogens with one attached hydrogen (secondary N) is 1. The number of benzene rings is 1. The summed E-state index contributed by atoms with van der Waals surface area (Å²) in [4.78, 5) is 11.9. The summed E-state index contributed by atoms with van der Waals surface area (Å²) in [6.07, 6.45) is 0. The van der Waals surface area contributed by atoms with Crippen molar-refractivity contribution in [2.45, 2.75) is 0 Å². The molecule has 0 unspecified atom stereocenters. The van der Waals surface area contributed by atoms with Gasteiger partial charge in [0.1, 0.15) is 10.1 Å². The van der Waals surface area contributed by atoms with Crippen LogP contribution in [0.3, 0.4) is 0 Å². The molecule has 2 aromatic rings. The molecule has 1 aromatic heterocycles. The second kappa shape index (κ2) is 5.36. The topological polar surface area (TPSA) is 49.3 Å². The van der Waals surface area contributed by atoms with Gasteiger partial charge in [-0.3, -0.25) is 4.79 Å². The third-order valence-electron chi connectivity index (χ3n) is 2.11. The summed E-state index contributed by atoms with van der Waals surface area (Å²) in [6, 6.07) is 5.85. The summed E-state index contributed by atoms with van der Waals surface area (Å²) in [5, 5.41) is 12.0. The third-order valence-corrected chi connectivity index (χ3v) is 3.90. The van der Waals surface area contributed by atoms with Crippen LogP contribution >= 0.6 is 46.1 Å². The Hall–Kier alpha value is -0.940. The maximum atomic E-state index is 11.9. The summed E-state index contributed by atoms with van der Waals surface area (Å²) < 4.78 is 0.760. The van der Waals surface area contributed by atoms with Crippen molar-refractivity contribution in [1.82, 2.24) is 0 Å². The van der Waals surface area contributed by atoms with Crippen molar-refractivity contribution >= 4 is 57.7 Å². The molecule has 7 heteroatoms. The highest BCUT2D eigenvalue weighted by molar-refractivity contribution is 7.20. The van der Waals surface area contributed by atoms with Crippen LogP contribution in [0.1, 0.15) is 10.4 Å². The molecule has 0 saturated heterocycles. The average Bonchev–Trinajstić information content (AvgIpc) is 2.63. The Morgan fingerprint density at radius 2 is 1.94 bits per heavy atom. The number of phenols is 1. The molecule has 0 aliphatic carbocycles. The Morgan fingerprint density at radius 1 is 1.22 bits per heavy atom. The van der Waals surface area contributed by atoms with E-state index in [1.165, 1.54) is 24.3 Å². The standard InChI is InChI=1S/C11H6Cl3NO2S/c12-7-3-5(1-2-8(7)16)15-11(17)6-4-9(13)18-10(6)14/h1-4,16H,(H,15,17). The maximum absolute atomic E-state index is 11.9. The predicted molar refractivity (Wildman–Crippen MR) is 75.4 cm³/mol. The van der Waals surface area contributed by atoms with Crippen molar-refractivity contribution < 1.29 is 9.90 Å². The van der Waals surface area contributed by atoms with Crippen LogP contribution in [0.4, 0.5) is 5.69 Å². The molecule has 0 saturated carbocycles. The first-order valence-corrected chi connectivity index (χ1v) is 6.67. The van der Waals surface area contributed by atoms with Gasteiger partial charge in [0.25, 0.3) is 5.91 Å². The van der Waals surface area contributed by atoms with E-state index in [0.717, 1.165) is 11.3 Å². The van der Waals surface area contributed by atoms with Crippen LogP contribution in [-0.4, -0.2) is 11.0 Å². The molecule has 0 bridgehead atoms. The fraction of sp³-hybridized carbons (Fsp3) is 0. The zero-order chi connectivity index (χ0) is 13.3. The highest BCUT2D eigenvalue weighted by Gasteiger charge is 2.14. The average molecular weight is 323 g/mol. The lowest BCUT2D eigenvalue weighted by Crippen LogP contribution is -2.11. The van der Waals surface area contributed by atoms with Crippen LogP contribution < -0.4 is 5.32 Å². The fourth-order valence-electron chi connectivity index (χ4n) is 1.28. The number of hydrogen-bond acceptors (Lipinski definition) is 3. The molecule has 1 aromatic carbocycles. The predicted octanol–water partition coefficient (Wildman–Crippen LogP) is 4.67. The molecular weight excluding hydrogens is 317 g/mol. The molecule has 2 rings (SSSR count). The van der Waals surface area contributed by atoms with Crippen LogP contribution in [0.2, 0.25) is 13.7 Å². The number of carbonyl (C=O) groups is 1. The molecule has 1 amide bonds. The molecule has 0 aliphatic heterocycles. The van der Waals surface area contributed by atoms with Crippen molar-refractivity contribution in [1.29, 1.82) is 0 Å². The molecule has 3 nitrogen and oxygen atoms in total. The number of rotatable bonds is 2. The van der Waals surface area contributed by atoms with Crippen LogP contribution in [0, 0.1) is 0 Å². The monoisotopic (exact) mass is 321 g/mol. The summed E-state index contributed by atoms with van der Waals surface area (Å²) in [5.41, 5.74) is 0.761. The van der Waals surface area contributed by atoms with Crippen LogP contribution in [0.15, 0.2) is 24.3 Å². The number of aromatic hydroxyl groups is 1. The van der Waals surface area contributed by atoms with Gasteiger partial charge in [-0.1, -0.05) is 34.8 Å². The lowest BCUT2D eigenvalue weighted by atomic mass is 10.2. The quantitative estimate of drug-likeness (QED) is 0.790. The smallest absolute Gasteiger partial charge is 0.258 e. The zero-order valence-corrected chi connectivity index (χ0v) is 11.8. The normalized spacial score (nSPS) is 10.4. The molecule has 0 atom stereocenters. The van der Waals surface area contributed by atoms with E-state index >= 15 is 0 Å². The molecule has 94 valence electrons. The van der Waals surface area contributed by atoms with Gasteiger partial charge in [0.05, 0.1) is 14.9 Å². The minimum Gasteiger partial charge on any atom is -0.506 e. The summed E-state index contributed by atoms with van der Waals surface area (Å²) in [5.74, 6) is -0.434. The van der Waals surface area contributed by atoms with Crippen molar-refractivity contribution in [3.05, 3.63) is 43.5 Å². The van der Waals surface area contributed by atoms with Crippen molar-refractivity contribution in [2.24, 2.45) is 0 Å². The Kier molecular flexibility index (Phi) is 4.02. The SMILES string of the molecule is O=C(Nc1ccc(O)c(Cl)c1)c1cc(Cl)sc1Cl. The first-order valence-electron chi connectivity index (χ1n) is 4.72. The summed E-state index contributed by atoms with van der Waals surface area (Å²) in [7, 11) is 0. The first kappa shape index (κ1) is 13.5. The van der Waals surface area contributed by atoms with Gasteiger partial charge in [-0.15, -0.1) is 11.3 Å². The van der Waals surface area contributed by atoms with Crippen LogP contribution in [-0.2, 0) is 0 Å². The van der Waals surface area contributed by atoms with Gasteiger partial charge in [-0.2, -0.15) is 0 Å². The summed E-state index contributed by atoms with van der Waals surface area (Å²) >= 11 is 18.5. The number of halogens is 3. The Bertz CT molecular complexity index is 612. The van der Waals surface area contributed by atoms with Crippen LogP contribution in [0.5, 0.6) is 5.75 Å². The number of hydrogen-bond donors (Lipinski definition) is 2. The summed E-state index contributed by atoms with van der Waals surface area (Å²) in [6.45, 7) is 0. The second-order valence-electron chi connectivity index (χ2n) is 3.36. The number of anilines is 1. The minimum atomic E-state index is -0.384. The highest BCUT2D eigenvalue weighted by Crippen LogP contribution is 2.32. The van der Waals surface area contributed by atoms with Crippen molar-refractivity contribution in [2.75, 3.05) is 5.32 Å². The van der Waals surface area contributed by atoms with Gasteiger partial charge in [0.15, 0.2) is 0 Å². The van der Waals surface area contributed by atoms with E-state index < -0.39 is 0 Å². The maximum Gasteiger partial charge on any atom is 0.258 e. The van der Waals surface area contributed by atoms with E-state index in [-0.39, 0.29) is 16.7 Å². The van der Waals surface area contributed by atoms with E-state index in [0.29, 0.717) is 19.9 Å². The van der Waals surface area contributed by atoms with Crippen LogP contribution in [0.25, 0.3) is 0 Å². The number of thiophene rings is 1. The van der Waals surface area contributed by atoms with Gasteiger partial charge < -0.3 is 10.4 Å². The molecule has 0 fully saturated rings. The van der Waals surface area contributed by atoms with Gasteiger partial charge in [-0.25, -0.2) is 0 Å². The number of amides is 1. The molecule has 1 heterocycles. The first-order chi connectivity index (χ1) is 8.47. The minimum absolute atomic E-state index is 0.0497. The van der Waals surface area contributed by atoms with Crippen molar-refractivity contribution in [3.63, 3.8) is 0 Å². The lowest BCUT2D eigenvalue weighted by molar-refractivity contribution is 0.102. The molecule has 2 N–H and O–H groups in total. The Morgan fingerprint density at radius 3 is 2.50 bits per heavy atom. The van der Waals surface area contributed by atoms with E-state index in [2.05, 4.69) is 5.32 Å². The number of phenolic OH excluding ortho intramolecular Hbond substituents is 1. The Balaban J connectivity index is 2.21. The van der Waals surface area contributed by atoms with Gasteiger partial charge in [0.2, 0.25) is 0 Å². The lowest BCUT2D eigenvalue weighted by Gasteiger charge is -2.05. The highest BCUT2D eigenvalue weighted by atomic mass is 35.5. The number of carbonyl (C=O) groups excluding carboxylic acids is 1. The zero-order valence-electron chi connectivity index (χ0n) is 8.71. The van der Waals surface area contributed by atoms with Gasteiger partial charge in [-0.05, 0) is 24.3 Å². The molecule has 18 heavy (non-hydrogen) atoms. The molecule has 0 spiro atoms. The third kappa shape index (κ3) is 2.90. The molecular formula is C11H6Cl3NO2S. The van der Waals surface area contributed by atoms with Crippen molar-refractivity contribution in [3.8, 4) is 5.75 Å². The van der Waals surface area contributed by atoms with E-state index in [4.69, 9.17) is 34.8 Å². The van der Waals surface area contributed by atoms with Gasteiger partial charge in [0, 0.05) is 5.69 Å². The second-order valence-corrected chi connectivity index (χ2v) is 6.05. The molecule has 0 aliphatic rings.